The fourth-order valence-corrected chi connectivity index (χ4v) is 1.65. The molecule has 15 heavy (non-hydrogen) atoms. The van der Waals surface area contributed by atoms with E-state index in [0.717, 1.165) is 10.0 Å². The summed E-state index contributed by atoms with van der Waals surface area (Å²) in [5.74, 6) is 5.26. The molecule has 0 spiro atoms. The number of hydrogen-bond donors (Lipinski definition) is 2. The largest absolute Gasteiger partial charge is 0.480 e. The molecule has 0 aromatic heterocycles. The summed E-state index contributed by atoms with van der Waals surface area (Å²) in [5.41, 5.74) is 3.15. The summed E-state index contributed by atoms with van der Waals surface area (Å²) in [6.45, 7) is 3.61. The third-order valence-corrected chi connectivity index (χ3v) is 2.52. The van der Waals surface area contributed by atoms with Gasteiger partial charge in [0, 0.05) is 0 Å². The summed E-state index contributed by atoms with van der Waals surface area (Å²) >= 11 is 3.36. The number of rotatable bonds is 3. The van der Waals surface area contributed by atoms with Crippen molar-refractivity contribution in [3.8, 4) is 5.75 Å². The van der Waals surface area contributed by atoms with Gasteiger partial charge in [0.2, 0.25) is 0 Å². The number of carbonyl (C=O) groups is 1. The summed E-state index contributed by atoms with van der Waals surface area (Å²) in [6, 6.07) is 5.63. The van der Waals surface area contributed by atoms with E-state index in [1.54, 1.807) is 13.0 Å². The molecule has 1 aromatic carbocycles. The monoisotopic (exact) mass is 272 g/mol. The first-order valence-corrected chi connectivity index (χ1v) is 5.27. The fourth-order valence-electron chi connectivity index (χ4n) is 1.06. The molecule has 0 bridgehead atoms. The first-order valence-electron chi connectivity index (χ1n) is 4.48. The Bertz CT molecular complexity index is 368. The van der Waals surface area contributed by atoms with Crippen LogP contribution in [0.25, 0.3) is 0 Å². The van der Waals surface area contributed by atoms with Gasteiger partial charge in [0.15, 0.2) is 6.10 Å². The van der Waals surface area contributed by atoms with Gasteiger partial charge in [-0.1, -0.05) is 6.07 Å². The number of benzene rings is 1. The van der Waals surface area contributed by atoms with Gasteiger partial charge >= 0.3 is 0 Å². The van der Waals surface area contributed by atoms with Crippen LogP contribution in [0.2, 0.25) is 0 Å². The lowest BCUT2D eigenvalue weighted by Gasteiger charge is -2.14. The number of ether oxygens (including phenoxy) is 1. The van der Waals surface area contributed by atoms with Crippen LogP contribution in [0.15, 0.2) is 22.7 Å². The van der Waals surface area contributed by atoms with Gasteiger partial charge in [0.05, 0.1) is 4.47 Å². The number of hydrazine groups is 1. The fraction of sp³-hybridized carbons (Fsp3) is 0.300. The number of aryl methyl sites for hydroxylation is 1. The van der Waals surface area contributed by atoms with E-state index in [9.17, 15) is 4.79 Å². The minimum Gasteiger partial charge on any atom is -0.480 e. The van der Waals surface area contributed by atoms with Crippen LogP contribution in [-0.2, 0) is 4.79 Å². The second kappa shape index (κ2) is 5.14. The molecule has 1 rings (SSSR count). The third kappa shape index (κ3) is 3.21. The summed E-state index contributed by atoms with van der Waals surface area (Å²) in [6.07, 6.45) is -0.617. The van der Waals surface area contributed by atoms with E-state index in [2.05, 4.69) is 15.9 Å². The van der Waals surface area contributed by atoms with Crippen LogP contribution in [0.3, 0.4) is 0 Å². The molecule has 0 aliphatic heterocycles. The van der Waals surface area contributed by atoms with Gasteiger partial charge in [-0.25, -0.2) is 5.84 Å². The van der Waals surface area contributed by atoms with Crippen LogP contribution in [0, 0.1) is 6.92 Å². The minimum atomic E-state index is -0.617. The van der Waals surface area contributed by atoms with Crippen molar-refractivity contribution in [2.24, 2.45) is 5.84 Å². The number of carbonyl (C=O) groups excluding carboxylic acids is 1. The minimum absolute atomic E-state index is 0.359. The quantitative estimate of drug-likeness (QED) is 0.498. The summed E-state index contributed by atoms with van der Waals surface area (Å²) < 4.78 is 6.23. The molecule has 0 aliphatic rings. The van der Waals surface area contributed by atoms with E-state index in [4.69, 9.17) is 10.6 Å². The predicted octanol–water partition coefficient (Wildman–Crippen LogP) is 1.51. The second-order valence-electron chi connectivity index (χ2n) is 3.20. The Kier molecular flexibility index (Phi) is 4.11. The van der Waals surface area contributed by atoms with Gasteiger partial charge in [-0.2, -0.15) is 0 Å². The zero-order valence-electron chi connectivity index (χ0n) is 8.58. The third-order valence-electron chi connectivity index (χ3n) is 1.90. The van der Waals surface area contributed by atoms with Gasteiger partial charge in [-0.05, 0) is 47.5 Å². The molecule has 1 atom stereocenters. The first-order chi connectivity index (χ1) is 7.04. The topological polar surface area (TPSA) is 64.3 Å². The van der Waals surface area contributed by atoms with E-state index >= 15 is 0 Å². The molecule has 1 amide bonds. The molecule has 82 valence electrons. The van der Waals surface area contributed by atoms with Crippen LogP contribution in [0.5, 0.6) is 5.75 Å². The normalized spacial score (nSPS) is 12.0. The van der Waals surface area contributed by atoms with Gasteiger partial charge < -0.3 is 4.74 Å². The molecule has 5 heteroatoms. The molecule has 0 saturated heterocycles. The Labute approximate surface area is 96.9 Å². The lowest BCUT2D eigenvalue weighted by molar-refractivity contribution is -0.127. The SMILES string of the molecule is Cc1ccc(O[C@H](C)C(=O)NN)c(Br)c1. The Hall–Kier alpha value is -1.07. The van der Waals surface area contributed by atoms with Gasteiger partial charge in [0.25, 0.3) is 5.91 Å². The Morgan fingerprint density at radius 2 is 2.27 bits per heavy atom. The van der Waals surface area contributed by atoms with Crippen LogP contribution in [0.4, 0.5) is 0 Å². The van der Waals surface area contributed by atoms with Gasteiger partial charge in [-0.3, -0.25) is 10.2 Å². The highest BCUT2D eigenvalue weighted by Gasteiger charge is 2.14. The van der Waals surface area contributed by atoms with Crippen LogP contribution >= 0.6 is 15.9 Å². The summed E-state index contributed by atoms with van der Waals surface area (Å²) in [4.78, 5) is 11.1. The van der Waals surface area contributed by atoms with Crippen molar-refractivity contribution in [3.63, 3.8) is 0 Å². The van der Waals surface area contributed by atoms with Crippen molar-refractivity contribution in [2.75, 3.05) is 0 Å². The van der Waals surface area contributed by atoms with Crippen LogP contribution in [-0.4, -0.2) is 12.0 Å². The lowest BCUT2D eigenvalue weighted by Crippen LogP contribution is -2.40. The lowest BCUT2D eigenvalue weighted by atomic mass is 10.2. The molecular weight excluding hydrogens is 260 g/mol. The zero-order valence-corrected chi connectivity index (χ0v) is 10.2. The molecule has 4 nitrogen and oxygen atoms in total. The van der Waals surface area contributed by atoms with Crippen LogP contribution < -0.4 is 16.0 Å². The summed E-state index contributed by atoms with van der Waals surface area (Å²) in [7, 11) is 0. The number of nitrogens with one attached hydrogen (secondary N) is 1. The maximum atomic E-state index is 11.1. The molecule has 0 unspecified atom stereocenters. The van der Waals surface area contributed by atoms with E-state index in [0.29, 0.717) is 5.75 Å². The average molecular weight is 273 g/mol. The maximum Gasteiger partial charge on any atom is 0.274 e. The van der Waals surface area contributed by atoms with Crippen molar-refractivity contribution >= 4 is 21.8 Å². The standard InChI is InChI=1S/C10H13BrN2O2/c1-6-3-4-9(8(11)5-6)15-7(2)10(14)13-12/h3-5,7H,12H2,1-2H3,(H,13,14)/t7-/m1/s1. The Balaban J connectivity index is 2.76. The predicted molar refractivity (Wildman–Crippen MR) is 61.3 cm³/mol. The molecule has 0 heterocycles. The zero-order chi connectivity index (χ0) is 11.4. The average Bonchev–Trinajstić information content (AvgIpc) is 2.20. The molecule has 0 aliphatic carbocycles. The van der Waals surface area contributed by atoms with Crippen molar-refractivity contribution in [1.29, 1.82) is 0 Å². The Morgan fingerprint density at radius 1 is 1.60 bits per heavy atom. The second-order valence-corrected chi connectivity index (χ2v) is 4.06. The first kappa shape index (κ1) is 12.0. The number of nitrogens with two attached hydrogens (primary N) is 1. The molecule has 0 fully saturated rings. The smallest absolute Gasteiger partial charge is 0.274 e. The summed E-state index contributed by atoms with van der Waals surface area (Å²) in [5, 5.41) is 0. The van der Waals surface area contributed by atoms with E-state index in [1.807, 2.05) is 24.5 Å². The van der Waals surface area contributed by atoms with Gasteiger partial charge in [-0.15, -0.1) is 0 Å². The highest BCUT2D eigenvalue weighted by atomic mass is 79.9. The van der Waals surface area contributed by atoms with Crippen LogP contribution in [0.1, 0.15) is 12.5 Å². The molecule has 0 saturated carbocycles. The molecule has 1 aromatic rings. The van der Waals surface area contributed by atoms with Crippen molar-refractivity contribution in [1.82, 2.24) is 5.43 Å². The molecule has 0 radical (unpaired) electrons. The Morgan fingerprint density at radius 3 is 2.80 bits per heavy atom. The maximum absolute atomic E-state index is 11.1. The number of halogens is 1. The van der Waals surface area contributed by atoms with E-state index in [-0.39, 0.29) is 5.91 Å². The van der Waals surface area contributed by atoms with Crippen molar-refractivity contribution in [2.45, 2.75) is 20.0 Å². The van der Waals surface area contributed by atoms with Gasteiger partial charge in [0.1, 0.15) is 5.75 Å². The molecular formula is C10H13BrN2O2. The number of hydrogen-bond acceptors (Lipinski definition) is 3. The molecule has 3 N–H and O–H groups in total. The van der Waals surface area contributed by atoms with Crippen molar-refractivity contribution in [3.05, 3.63) is 28.2 Å². The number of amides is 1. The van der Waals surface area contributed by atoms with Crippen molar-refractivity contribution < 1.29 is 9.53 Å². The van der Waals surface area contributed by atoms with E-state index in [1.165, 1.54) is 0 Å². The highest BCUT2D eigenvalue weighted by molar-refractivity contribution is 9.10. The van der Waals surface area contributed by atoms with E-state index < -0.39 is 6.10 Å². The highest BCUT2D eigenvalue weighted by Crippen LogP contribution is 2.26.